The van der Waals surface area contributed by atoms with Crippen molar-refractivity contribution in [1.29, 1.82) is 0 Å². The minimum atomic E-state index is -1.49. The summed E-state index contributed by atoms with van der Waals surface area (Å²) in [6.07, 6.45) is 0. The highest BCUT2D eigenvalue weighted by atomic mass is 79.9. The van der Waals surface area contributed by atoms with Crippen molar-refractivity contribution in [2.75, 3.05) is 11.9 Å². The van der Waals surface area contributed by atoms with E-state index >= 15 is 0 Å². The first kappa shape index (κ1) is 14.9. The van der Waals surface area contributed by atoms with Gasteiger partial charge in [-0.1, -0.05) is 0 Å². The van der Waals surface area contributed by atoms with Gasteiger partial charge < -0.3 is 10.0 Å². The van der Waals surface area contributed by atoms with Crippen molar-refractivity contribution >= 4 is 38.9 Å². The van der Waals surface area contributed by atoms with Gasteiger partial charge in [0, 0.05) is 21.8 Å². The molecule has 0 radical (unpaired) electrons. The number of hydrogen-bond donors (Lipinski definition) is 1. The molecule has 0 aliphatic heterocycles. The van der Waals surface area contributed by atoms with Crippen LogP contribution in [0.1, 0.15) is 15.2 Å². The number of rotatable bonds is 4. The van der Waals surface area contributed by atoms with Crippen LogP contribution in [-0.4, -0.2) is 18.1 Å². The number of benzene rings is 1. The molecule has 0 amide bonds. The minimum absolute atomic E-state index is 0.0250. The lowest BCUT2D eigenvalue weighted by Gasteiger charge is -2.19. The highest BCUT2D eigenvalue weighted by Gasteiger charge is 2.20. The Balaban J connectivity index is 2.28. The van der Waals surface area contributed by atoms with Gasteiger partial charge in [0.1, 0.15) is 0 Å². The Morgan fingerprint density at radius 1 is 1.40 bits per heavy atom. The zero-order valence-corrected chi connectivity index (χ0v) is 12.8. The Kier molecular flexibility index (Phi) is 4.39. The fraction of sp³-hybridized carbons (Fsp3) is 0.154. The van der Waals surface area contributed by atoms with Crippen molar-refractivity contribution in [2.45, 2.75) is 6.54 Å². The molecule has 0 saturated carbocycles. The first-order valence-electron chi connectivity index (χ1n) is 5.55. The summed E-state index contributed by atoms with van der Waals surface area (Å²) in [7, 11) is 1.62. The largest absolute Gasteiger partial charge is 0.478 e. The zero-order chi connectivity index (χ0) is 14.9. The van der Waals surface area contributed by atoms with E-state index in [1.807, 2.05) is 11.4 Å². The molecule has 0 aliphatic rings. The van der Waals surface area contributed by atoms with Crippen LogP contribution < -0.4 is 4.90 Å². The van der Waals surface area contributed by atoms with Gasteiger partial charge in [0.05, 0.1) is 17.8 Å². The number of hydrogen-bond acceptors (Lipinski definition) is 3. The number of carboxylic acids is 1. The molecule has 1 aromatic heterocycles. The summed E-state index contributed by atoms with van der Waals surface area (Å²) in [6.45, 7) is 0.402. The Labute approximate surface area is 126 Å². The maximum atomic E-state index is 13.9. The molecule has 0 spiro atoms. The number of nitrogens with zero attached hydrogens (tertiary/aromatic N) is 1. The van der Waals surface area contributed by atoms with E-state index in [1.54, 1.807) is 7.05 Å². The van der Waals surface area contributed by atoms with Crippen LogP contribution in [0.2, 0.25) is 0 Å². The molecule has 1 heterocycles. The number of carboxylic acid groups (broad SMARTS) is 1. The molecular weight excluding hydrogens is 352 g/mol. The van der Waals surface area contributed by atoms with E-state index < -0.39 is 23.2 Å². The fourth-order valence-corrected chi connectivity index (χ4v) is 3.26. The molecule has 0 fully saturated rings. The van der Waals surface area contributed by atoms with Gasteiger partial charge in [-0.2, -0.15) is 0 Å². The third kappa shape index (κ3) is 2.99. The van der Waals surface area contributed by atoms with Crippen LogP contribution in [0.3, 0.4) is 0 Å². The van der Waals surface area contributed by atoms with Gasteiger partial charge in [-0.3, -0.25) is 0 Å². The Bertz CT molecular complexity index is 660. The normalized spacial score (nSPS) is 10.6. The van der Waals surface area contributed by atoms with Crippen LogP contribution in [0.25, 0.3) is 0 Å². The van der Waals surface area contributed by atoms with Gasteiger partial charge in [-0.05, 0) is 34.1 Å². The molecule has 106 valence electrons. The second kappa shape index (κ2) is 5.88. The van der Waals surface area contributed by atoms with Crippen LogP contribution in [-0.2, 0) is 6.54 Å². The zero-order valence-electron chi connectivity index (χ0n) is 10.4. The highest BCUT2D eigenvalue weighted by molar-refractivity contribution is 9.10. The second-order valence-electron chi connectivity index (χ2n) is 4.15. The second-order valence-corrected chi connectivity index (χ2v) is 6.06. The third-order valence-corrected chi connectivity index (χ3v) is 4.40. The maximum Gasteiger partial charge on any atom is 0.338 e. The van der Waals surface area contributed by atoms with Crippen molar-refractivity contribution in [3.63, 3.8) is 0 Å². The molecule has 2 aromatic rings. The standard InChI is InChI=1S/C13H10BrF2NO2S/c1-17(5-8-4-7(14)6-20-8)10-3-2-9(13(18)19)11(15)12(10)16/h2-4,6H,5H2,1H3,(H,18,19). The van der Waals surface area contributed by atoms with Crippen molar-refractivity contribution in [1.82, 2.24) is 0 Å². The molecule has 0 saturated heterocycles. The van der Waals surface area contributed by atoms with E-state index in [1.165, 1.54) is 22.3 Å². The summed E-state index contributed by atoms with van der Waals surface area (Å²) in [5, 5.41) is 10.6. The smallest absolute Gasteiger partial charge is 0.338 e. The highest BCUT2D eigenvalue weighted by Crippen LogP contribution is 2.27. The summed E-state index contributed by atoms with van der Waals surface area (Å²) < 4.78 is 28.5. The quantitative estimate of drug-likeness (QED) is 0.890. The van der Waals surface area contributed by atoms with Gasteiger partial charge in [0.2, 0.25) is 0 Å². The van der Waals surface area contributed by atoms with E-state index in [0.717, 1.165) is 15.4 Å². The predicted octanol–water partition coefficient (Wildman–Crippen LogP) is 4.12. The molecular formula is C13H10BrF2NO2S. The van der Waals surface area contributed by atoms with Crippen LogP contribution in [0.4, 0.5) is 14.5 Å². The lowest BCUT2D eigenvalue weighted by molar-refractivity contribution is 0.0690. The van der Waals surface area contributed by atoms with E-state index in [2.05, 4.69) is 15.9 Å². The lowest BCUT2D eigenvalue weighted by Crippen LogP contribution is -2.18. The van der Waals surface area contributed by atoms with E-state index in [9.17, 15) is 13.6 Å². The van der Waals surface area contributed by atoms with Crippen molar-refractivity contribution in [3.05, 3.63) is 50.1 Å². The van der Waals surface area contributed by atoms with Crippen LogP contribution in [0, 0.1) is 11.6 Å². The Morgan fingerprint density at radius 3 is 2.65 bits per heavy atom. The molecule has 0 unspecified atom stereocenters. The van der Waals surface area contributed by atoms with E-state index in [-0.39, 0.29) is 5.69 Å². The SMILES string of the molecule is CN(Cc1cc(Br)cs1)c1ccc(C(=O)O)c(F)c1F. The molecule has 7 heteroatoms. The average molecular weight is 362 g/mol. The first-order valence-corrected chi connectivity index (χ1v) is 7.22. The number of thiophene rings is 1. The minimum Gasteiger partial charge on any atom is -0.478 e. The fourth-order valence-electron chi connectivity index (χ4n) is 1.75. The summed E-state index contributed by atoms with van der Waals surface area (Å²) in [4.78, 5) is 13.2. The topological polar surface area (TPSA) is 40.5 Å². The molecule has 1 N–H and O–H groups in total. The summed E-state index contributed by atoms with van der Waals surface area (Å²) in [5.41, 5.74) is -0.643. The van der Waals surface area contributed by atoms with Crippen molar-refractivity contribution in [2.24, 2.45) is 0 Å². The predicted molar refractivity (Wildman–Crippen MR) is 77.4 cm³/mol. The van der Waals surface area contributed by atoms with Crippen LogP contribution in [0.15, 0.2) is 28.1 Å². The van der Waals surface area contributed by atoms with E-state index in [4.69, 9.17) is 5.11 Å². The Morgan fingerprint density at radius 2 is 2.10 bits per heavy atom. The number of halogens is 3. The Hall–Kier alpha value is -1.47. The van der Waals surface area contributed by atoms with Crippen LogP contribution >= 0.6 is 27.3 Å². The average Bonchev–Trinajstić information content (AvgIpc) is 2.77. The lowest BCUT2D eigenvalue weighted by atomic mass is 10.1. The summed E-state index contributed by atoms with van der Waals surface area (Å²) in [5.74, 6) is -3.98. The molecule has 1 aromatic carbocycles. The molecule has 3 nitrogen and oxygen atoms in total. The molecule has 2 rings (SSSR count). The summed E-state index contributed by atoms with van der Waals surface area (Å²) in [6, 6.07) is 4.22. The molecule has 0 atom stereocenters. The maximum absolute atomic E-state index is 13.9. The van der Waals surface area contributed by atoms with Crippen molar-refractivity contribution in [3.8, 4) is 0 Å². The third-order valence-electron chi connectivity index (χ3n) is 2.72. The number of aromatic carboxylic acids is 1. The monoisotopic (exact) mass is 361 g/mol. The van der Waals surface area contributed by atoms with E-state index in [0.29, 0.717) is 6.54 Å². The van der Waals surface area contributed by atoms with Crippen LogP contribution in [0.5, 0.6) is 0 Å². The van der Waals surface area contributed by atoms with Gasteiger partial charge in [0.15, 0.2) is 11.6 Å². The van der Waals surface area contributed by atoms with Crippen molar-refractivity contribution < 1.29 is 18.7 Å². The van der Waals surface area contributed by atoms with Gasteiger partial charge >= 0.3 is 5.97 Å². The van der Waals surface area contributed by atoms with Gasteiger partial charge in [-0.25, -0.2) is 13.6 Å². The van der Waals surface area contributed by atoms with Gasteiger partial charge in [0.25, 0.3) is 0 Å². The first-order chi connectivity index (χ1) is 9.40. The number of anilines is 1. The molecule has 0 aliphatic carbocycles. The molecule has 20 heavy (non-hydrogen) atoms. The molecule has 0 bridgehead atoms. The number of carbonyl (C=O) groups is 1. The summed E-state index contributed by atoms with van der Waals surface area (Å²) >= 11 is 4.81. The van der Waals surface area contributed by atoms with Gasteiger partial charge in [-0.15, -0.1) is 11.3 Å².